The molecule has 0 radical (unpaired) electrons. The van der Waals surface area contributed by atoms with E-state index in [0.29, 0.717) is 10.1 Å². The van der Waals surface area contributed by atoms with Crippen LogP contribution in [0.4, 0.5) is 0 Å². The van der Waals surface area contributed by atoms with Crippen molar-refractivity contribution in [3.05, 3.63) is 38.4 Å². The predicted molar refractivity (Wildman–Crippen MR) is 94.6 cm³/mol. The summed E-state index contributed by atoms with van der Waals surface area (Å²) in [6.45, 7) is 3.69. The Kier molecular flexibility index (Phi) is 6.70. The quantitative estimate of drug-likeness (QED) is 0.718. The van der Waals surface area contributed by atoms with Gasteiger partial charge in [0.1, 0.15) is 5.76 Å². The van der Waals surface area contributed by atoms with Crippen LogP contribution in [0.3, 0.4) is 0 Å². The number of carboxylic acid groups (broad SMARTS) is 1. The van der Waals surface area contributed by atoms with E-state index in [1.807, 2.05) is 13.8 Å². The Hall–Kier alpha value is -1.51. The summed E-state index contributed by atoms with van der Waals surface area (Å²) in [5.74, 6) is 0.385. The van der Waals surface area contributed by atoms with Crippen LogP contribution in [0, 0.1) is 13.8 Å². The topological polar surface area (TPSA) is 92.4 Å². The molecule has 2 heterocycles. The third-order valence-electron chi connectivity index (χ3n) is 3.31. The van der Waals surface area contributed by atoms with Crippen LogP contribution >= 0.6 is 34.7 Å². The van der Waals surface area contributed by atoms with Crippen LogP contribution < -0.4 is 5.32 Å². The number of carboxylic acids is 1. The molecule has 1 atom stereocenters. The van der Waals surface area contributed by atoms with Gasteiger partial charge in [-0.15, -0.1) is 23.1 Å². The molecular weight excluding hydrogens is 372 g/mol. The molecule has 6 nitrogen and oxygen atoms in total. The lowest BCUT2D eigenvalue weighted by atomic mass is 10.1. The number of hydrogen-bond acceptors (Lipinski definition) is 6. The summed E-state index contributed by atoms with van der Waals surface area (Å²) < 4.78 is 5.64. The average Bonchev–Trinajstić information content (AvgIpc) is 3.06. The number of aliphatic carboxylic acids is 1. The third kappa shape index (κ3) is 5.25. The summed E-state index contributed by atoms with van der Waals surface area (Å²) in [6.07, 6.45) is -0.183. The molecule has 0 spiro atoms. The molecule has 0 aromatic carbocycles. The van der Waals surface area contributed by atoms with E-state index < -0.39 is 12.0 Å². The van der Waals surface area contributed by atoms with E-state index in [9.17, 15) is 9.59 Å². The molecule has 0 aliphatic rings. The molecule has 0 aliphatic heterocycles. The van der Waals surface area contributed by atoms with Gasteiger partial charge in [-0.3, -0.25) is 9.59 Å². The third-order valence-corrected chi connectivity index (χ3v) is 5.62. The summed E-state index contributed by atoms with van der Waals surface area (Å²) in [6, 6.07) is 2.85. The molecule has 130 valence electrons. The Morgan fingerprint density at radius 1 is 1.46 bits per heavy atom. The highest BCUT2D eigenvalue weighted by atomic mass is 35.5. The Labute approximate surface area is 152 Å². The number of nitrogens with zero attached hydrogens (tertiary/aromatic N) is 1. The first kappa shape index (κ1) is 18.8. The van der Waals surface area contributed by atoms with Crippen LogP contribution in [0.25, 0.3) is 0 Å². The Morgan fingerprint density at radius 2 is 2.21 bits per heavy atom. The lowest BCUT2D eigenvalue weighted by Gasteiger charge is -2.15. The maximum atomic E-state index is 12.1. The minimum Gasteiger partial charge on any atom is -0.481 e. The van der Waals surface area contributed by atoms with Crippen molar-refractivity contribution in [3.63, 3.8) is 0 Å². The summed E-state index contributed by atoms with van der Waals surface area (Å²) in [5.41, 5.74) is 1.80. The average molecular weight is 389 g/mol. The molecular formula is C15H17ClN2O4S2. The van der Waals surface area contributed by atoms with Gasteiger partial charge in [0.2, 0.25) is 5.91 Å². The molecule has 24 heavy (non-hydrogen) atoms. The van der Waals surface area contributed by atoms with Gasteiger partial charge in [-0.2, -0.15) is 0 Å². The highest BCUT2D eigenvalue weighted by molar-refractivity contribution is 7.99. The van der Waals surface area contributed by atoms with Crippen LogP contribution in [0.1, 0.15) is 34.4 Å². The monoisotopic (exact) mass is 388 g/mol. The molecule has 0 aliphatic carbocycles. The number of carbonyl (C=O) groups is 2. The smallest absolute Gasteiger partial charge is 0.305 e. The highest BCUT2D eigenvalue weighted by Gasteiger charge is 2.20. The van der Waals surface area contributed by atoms with Gasteiger partial charge in [-0.25, -0.2) is 0 Å². The SMILES string of the molecule is Cc1noc(C)c1CSCC(=O)N[C@@H](CC(=O)O)c1ccc(Cl)s1. The number of aromatic nitrogens is 1. The molecule has 0 unspecified atom stereocenters. The van der Waals surface area contributed by atoms with Crippen molar-refractivity contribution in [3.8, 4) is 0 Å². The number of amides is 1. The van der Waals surface area contributed by atoms with Gasteiger partial charge in [0.25, 0.3) is 0 Å². The Bertz CT molecular complexity index is 709. The van der Waals surface area contributed by atoms with Crippen LogP contribution in [-0.2, 0) is 15.3 Å². The number of thiophene rings is 1. The molecule has 0 fully saturated rings. The van der Waals surface area contributed by atoms with E-state index in [1.54, 1.807) is 12.1 Å². The normalized spacial score (nSPS) is 12.1. The second-order valence-corrected chi connectivity index (χ2v) is 7.89. The molecule has 0 bridgehead atoms. The summed E-state index contributed by atoms with van der Waals surface area (Å²) in [4.78, 5) is 23.9. The fourth-order valence-electron chi connectivity index (χ4n) is 2.10. The van der Waals surface area contributed by atoms with Crippen molar-refractivity contribution in [2.24, 2.45) is 0 Å². The zero-order chi connectivity index (χ0) is 17.7. The first-order valence-electron chi connectivity index (χ1n) is 7.12. The van der Waals surface area contributed by atoms with Crippen molar-refractivity contribution < 1.29 is 19.2 Å². The van der Waals surface area contributed by atoms with Gasteiger partial charge in [0.05, 0.1) is 28.2 Å². The zero-order valence-electron chi connectivity index (χ0n) is 13.2. The van der Waals surface area contributed by atoms with E-state index in [2.05, 4.69) is 10.5 Å². The second-order valence-electron chi connectivity index (χ2n) is 5.16. The largest absolute Gasteiger partial charge is 0.481 e. The maximum Gasteiger partial charge on any atom is 0.305 e. The number of carbonyl (C=O) groups excluding carboxylic acids is 1. The van der Waals surface area contributed by atoms with Crippen LogP contribution in [0.5, 0.6) is 0 Å². The first-order valence-corrected chi connectivity index (χ1v) is 9.47. The minimum absolute atomic E-state index is 0.183. The van der Waals surface area contributed by atoms with Crippen molar-refractivity contribution in [1.82, 2.24) is 10.5 Å². The summed E-state index contributed by atoms with van der Waals surface area (Å²) in [7, 11) is 0. The Morgan fingerprint density at radius 3 is 2.75 bits per heavy atom. The second kappa shape index (κ2) is 8.55. The van der Waals surface area contributed by atoms with E-state index in [4.69, 9.17) is 21.2 Å². The fourth-order valence-corrected chi connectivity index (χ4v) is 4.20. The van der Waals surface area contributed by atoms with Gasteiger partial charge in [0.15, 0.2) is 0 Å². The number of halogens is 1. The highest BCUT2D eigenvalue weighted by Crippen LogP contribution is 2.29. The molecule has 2 aromatic heterocycles. The van der Waals surface area contributed by atoms with Crippen molar-refractivity contribution in [1.29, 1.82) is 0 Å². The first-order chi connectivity index (χ1) is 11.4. The van der Waals surface area contributed by atoms with Crippen molar-refractivity contribution in [2.75, 3.05) is 5.75 Å². The van der Waals surface area contributed by atoms with Gasteiger partial charge in [0, 0.05) is 16.2 Å². The van der Waals surface area contributed by atoms with Gasteiger partial charge >= 0.3 is 5.97 Å². The van der Waals surface area contributed by atoms with E-state index >= 15 is 0 Å². The summed E-state index contributed by atoms with van der Waals surface area (Å²) >= 11 is 8.58. The number of hydrogen-bond donors (Lipinski definition) is 2. The van der Waals surface area contributed by atoms with E-state index in [0.717, 1.165) is 21.9 Å². The van der Waals surface area contributed by atoms with Crippen LogP contribution in [0.15, 0.2) is 16.7 Å². The molecule has 0 saturated heterocycles. The molecule has 0 saturated carbocycles. The van der Waals surface area contributed by atoms with Crippen molar-refractivity contribution >= 4 is 46.6 Å². The maximum absolute atomic E-state index is 12.1. The molecule has 9 heteroatoms. The number of aryl methyl sites for hydroxylation is 2. The molecule has 2 rings (SSSR count). The van der Waals surface area contributed by atoms with Gasteiger partial charge in [-0.1, -0.05) is 16.8 Å². The number of nitrogens with one attached hydrogen (secondary N) is 1. The number of rotatable bonds is 8. The van der Waals surface area contributed by atoms with E-state index in [1.165, 1.54) is 23.1 Å². The van der Waals surface area contributed by atoms with E-state index in [-0.39, 0.29) is 18.1 Å². The van der Waals surface area contributed by atoms with Gasteiger partial charge < -0.3 is 14.9 Å². The fraction of sp³-hybridized carbons (Fsp3) is 0.400. The number of thioether (sulfide) groups is 1. The van der Waals surface area contributed by atoms with Gasteiger partial charge in [-0.05, 0) is 26.0 Å². The summed E-state index contributed by atoms with van der Waals surface area (Å²) in [5, 5.41) is 15.7. The van der Waals surface area contributed by atoms with Crippen LogP contribution in [0.2, 0.25) is 4.34 Å². The predicted octanol–water partition coefficient (Wildman–Crippen LogP) is 3.57. The molecule has 1 amide bonds. The van der Waals surface area contributed by atoms with Crippen molar-refractivity contribution in [2.45, 2.75) is 32.1 Å². The zero-order valence-corrected chi connectivity index (χ0v) is 15.6. The molecule has 2 N–H and O–H groups in total. The van der Waals surface area contributed by atoms with Crippen LogP contribution in [-0.4, -0.2) is 27.9 Å². The Balaban J connectivity index is 1.89. The standard InChI is InChI=1S/C15H17ClN2O4S2/c1-8-10(9(2)22-18-8)6-23-7-14(19)17-11(5-15(20)21)12-3-4-13(16)24-12/h3-4,11H,5-7H2,1-2H3,(H,17,19)(H,20,21)/t11-/m0/s1. The minimum atomic E-state index is -0.979. The lowest BCUT2D eigenvalue weighted by Crippen LogP contribution is -2.31. The lowest BCUT2D eigenvalue weighted by molar-refractivity contribution is -0.137. The molecule has 2 aromatic rings.